The molecule has 3 N–H and O–H groups in total. The molecule has 0 radical (unpaired) electrons. The Bertz CT molecular complexity index is 526. The number of carbonyl (C=O) groups excluding carboxylic acids is 1. The Labute approximate surface area is 141 Å². The molecule has 1 aliphatic carbocycles. The summed E-state index contributed by atoms with van der Waals surface area (Å²) in [6.45, 7) is 0. The molecule has 3 rings (SSSR count). The minimum Gasteiger partial charge on any atom is -0.474 e. The highest BCUT2D eigenvalue weighted by Crippen LogP contribution is 2.24. The molecule has 1 aromatic rings. The number of amides is 1. The van der Waals surface area contributed by atoms with Crippen molar-refractivity contribution in [2.24, 2.45) is 5.73 Å². The molecule has 1 aromatic heterocycles. The number of nitrogens with two attached hydrogens (primary N) is 1. The summed E-state index contributed by atoms with van der Waals surface area (Å²) in [5, 5.41) is 3.11. The molecule has 1 saturated heterocycles. The minimum absolute atomic E-state index is 0.0845. The molecule has 0 unspecified atom stereocenters. The van der Waals surface area contributed by atoms with E-state index in [4.69, 9.17) is 10.5 Å². The second kappa shape index (κ2) is 8.02. The number of rotatable bonds is 4. The third-order valence-electron chi connectivity index (χ3n) is 4.57. The Morgan fingerprint density at radius 2 is 1.96 bits per heavy atom. The van der Waals surface area contributed by atoms with Crippen LogP contribution >= 0.6 is 11.8 Å². The number of aromatic nitrogens is 1. The molecule has 126 valence electrons. The molecule has 1 amide bonds. The van der Waals surface area contributed by atoms with Crippen LogP contribution in [0.15, 0.2) is 18.3 Å². The van der Waals surface area contributed by atoms with Crippen LogP contribution in [-0.4, -0.2) is 40.6 Å². The van der Waals surface area contributed by atoms with Gasteiger partial charge in [-0.25, -0.2) is 4.98 Å². The molecule has 6 heteroatoms. The third-order valence-corrected chi connectivity index (χ3v) is 5.62. The van der Waals surface area contributed by atoms with Gasteiger partial charge in [0.25, 0.3) is 5.91 Å². The summed E-state index contributed by atoms with van der Waals surface area (Å²) in [7, 11) is 0. The van der Waals surface area contributed by atoms with E-state index in [0.29, 0.717) is 11.4 Å². The van der Waals surface area contributed by atoms with Crippen LogP contribution < -0.4 is 15.8 Å². The van der Waals surface area contributed by atoms with Gasteiger partial charge in [-0.05, 0) is 62.2 Å². The van der Waals surface area contributed by atoms with E-state index in [2.05, 4.69) is 10.3 Å². The van der Waals surface area contributed by atoms with Gasteiger partial charge in [-0.15, -0.1) is 0 Å². The second-order valence-electron chi connectivity index (χ2n) is 6.37. The molecule has 0 bridgehead atoms. The van der Waals surface area contributed by atoms with E-state index in [9.17, 15) is 4.79 Å². The molecular weight excluding hydrogens is 310 g/mol. The molecular formula is C17H25N3O2S. The van der Waals surface area contributed by atoms with Crippen molar-refractivity contribution in [2.45, 2.75) is 56.7 Å². The molecule has 2 aliphatic rings. The largest absolute Gasteiger partial charge is 0.474 e. The molecule has 0 aromatic carbocycles. The fourth-order valence-corrected chi connectivity index (χ4v) is 4.20. The van der Waals surface area contributed by atoms with Crippen LogP contribution in [0.3, 0.4) is 0 Å². The van der Waals surface area contributed by atoms with Gasteiger partial charge < -0.3 is 15.8 Å². The number of pyridine rings is 1. The molecule has 2 fully saturated rings. The molecule has 1 saturated carbocycles. The van der Waals surface area contributed by atoms with Crippen molar-refractivity contribution in [1.82, 2.24) is 10.3 Å². The first-order valence-electron chi connectivity index (χ1n) is 8.48. The van der Waals surface area contributed by atoms with Gasteiger partial charge in [0.05, 0.1) is 0 Å². The van der Waals surface area contributed by atoms with E-state index < -0.39 is 0 Å². The van der Waals surface area contributed by atoms with Crippen molar-refractivity contribution in [3.63, 3.8) is 0 Å². The Balaban J connectivity index is 1.63. The second-order valence-corrected chi connectivity index (χ2v) is 7.60. The number of nitrogens with one attached hydrogen (secondary N) is 1. The van der Waals surface area contributed by atoms with Crippen molar-refractivity contribution in [3.05, 3.63) is 23.9 Å². The van der Waals surface area contributed by atoms with Crippen LogP contribution in [0.2, 0.25) is 0 Å². The first-order valence-corrected chi connectivity index (χ1v) is 9.63. The lowest BCUT2D eigenvalue weighted by molar-refractivity contribution is 0.0915. The lowest BCUT2D eigenvalue weighted by Gasteiger charge is -2.27. The summed E-state index contributed by atoms with van der Waals surface area (Å²) >= 11 is 1.95. The maximum absolute atomic E-state index is 12.6. The average Bonchev–Trinajstić information content (AvgIpc) is 2.58. The van der Waals surface area contributed by atoms with E-state index in [1.165, 1.54) is 0 Å². The quantitative estimate of drug-likeness (QED) is 0.883. The molecule has 1 aliphatic heterocycles. The highest BCUT2D eigenvalue weighted by atomic mass is 32.2. The van der Waals surface area contributed by atoms with Gasteiger partial charge in [-0.1, -0.05) is 0 Å². The maximum Gasteiger partial charge on any atom is 0.256 e. The zero-order valence-electron chi connectivity index (χ0n) is 13.4. The van der Waals surface area contributed by atoms with Crippen molar-refractivity contribution in [3.8, 4) is 5.88 Å². The SMILES string of the molecule is NC1CCC(NC(=O)c2cccnc2OC2CCSCC2)CC1. The molecule has 0 spiro atoms. The molecule has 5 nitrogen and oxygen atoms in total. The van der Waals surface area contributed by atoms with Crippen molar-refractivity contribution < 1.29 is 9.53 Å². The van der Waals surface area contributed by atoms with Crippen LogP contribution in [0.1, 0.15) is 48.9 Å². The Morgan fingerprint density at radius 1 is 1.22 bits per heavy atom. The zero-order chi connectivity index (χ0) is 16.1. The lowest BCUT2D eigenvalue weighted by Crippen LogP contribution is -2.40. The van der Waals surface area contributed by atoms with Gasteiger partial charge in [0, 0.05) is 18.3 Å². The number of nitrogens with zero attached hydrogens (tertiary/aromatic N) is 1. The summed E-state index contributed by atoms with van der Waals surface area (Å²) in [5.74, 6) is 2.61. The summed E-state index contributed by atoms with van der Waals surface area (Å²) in [5.41, 5.74) is 6.46. The highest BCUT2D eigenvalue weighted by molar-refractivity contribution is 7.99. The molecule has 2 heterocycles. The Kier molecular flexibility index (Phi) is 5.78. The standard InChI is InChI=1S/C17H25N3O2S/c18-12-3-5-13(6-4-12)20-16(21)15-2-1-9-19-17(15)22-14-7-10-23-11-8-14/h1-2,9,12-14H,3-8,10-11,18H2,(H,20,21). The first kappa shape index (κ1) is 16.6. The third kappa shape index (κ3) is 4.61. The van der Waals surface area contributed by atoms with Crippen molar-refractivity contribution in [2.75, 3.05) is 11.5 Å². The monoisotopic (exact) mass is 335 g/mol. The fourth-order valence-electron chi connectivity index (χ4n) is 3.14. The van der Waals surface area contributed by atoms with Gasteiger partial charge in [-0.2, -0.15) is 11.8 Å². The topological polar surface area (TPSA) is 77.2 Å². The number of carbonyl (C=O) groups is 1. The minimum atomic E-state index is -0.0845. The lowest BCUT2D eigenvalue weighted by atomic mass is 9.91. The number of ether oxygens (including phenoxy) is 1. The summed E-state index contributed by atoms with van der Waals surface area (Å²) < 4.78 is 6.01. The van der Waals surface area contributed by atoms with Gasteiger partial charge in [-0.3, -0.25) is 4.79 Å². The Hall–Kier alpha value is -1.27. The molecule has 23 heavy (non-hydrogen) atoms. The van der Waals surface area contributed by atoms with Crippen molar-refractivity contribution >= 4 is 17.7 Å². The van der Waals surface area contributed by atoms with Crippen LogP contribution in [-0.2, 0) is 0 Å². The summed E-state index contributed by atoms with van der Waals surface area (Å²) in [6, 6.07) is 4.07. The van der Waals surface area contributed by atoms with E-state index in [1.807, 2.05) is 11.8 Å². The van der Waals surface area contributed by atoms with Gasteiger partial charge in [0.1, 0.15) is 11.7 Å². The number of hydrogen-bond acceptors (Lipinski definition) is 5. The fraction of sp³-hybridized carbons (Fsp3) is 0.647. The zero-order valence-corrected chi connectivity index (χ0v) is 14.2. The molecule has 0 atom stereocenters. The average molecular weight is 335 g/mol. The van der Waals surface area contributed by atoms with E-state index in [-0.39, 0.29) is 24.1 Å². The van der Waals surface area contributed by atoms with Gasteiger partial charge >= 0.3 is 0 Å². The highest BCUT2D eigenvalue weighted by Gasteiger charge is 2.24. The van der Waals surface area contributed by atoms with Gasteiger partial charge in [0.15, 0.2) is 0 Å². The van der Waals surface area contributed by atoms with Crippen molar-refractivity contribution in [1.29, 1.82) is 0 Å². The normalized spacial score (nSPS) is 25.8. The van der Waals surface area contributed by atoms with Crippen LogP contribution in [0, 0.1) is 0 Å². The maximum atomic E-state index is 12.6. The summed E-state index contributed by atoms with van der Waals surface area (Å²) in [4.78, 5) is 16.9. The van der Waals surface area contributed by atoms with E-state index in [0.717, 1.165) is 50.0 Å². The smallest absolute Gasteiger partial charge is 0.256 e. The predicted molar refractivity (Wildman–Crippen MR) is 92.9 cm³/mol. The van der Waals surface area contributed by atoms with Gasteiger partial charge in [0.2, 0.25) is 5.88 Å². The van der Waals surface area contributed by atoms with E-state index >= 15 is 0 Å². The van der Waals surface area contributed by atoms with Crippen LogP contribution in [0.5, 0.6) is 5.88 Å². The number of hydrogen-bond donors (Lipinski definition) is 2. The van der Waals surface area contributed by atoms with Crippen LogP contribution in [0.25, 0.3) is 0 Å². The number of thioether (sulfide) groups is 1. The first-order chi connectivity index (χ1) is 11.2. The predicted octanol–water partition coefficient (Wildman–Crippen LogP) is 2.36. The van der Waals surface area contributed by atoms with E-state index in [1.54, 1.807) is 18.3 Å². The summed E-state index contributed by atoms with van der Waals surface area (Å²) in [6.07, 6.45) is 7.73. The van der Waals surface area contributed by atoms with Crippen LogP contribution in [0.4, 0.5) is 0 Å². The Morgan fingerprint density at radius 3 is 2.70 bits per heavy atom.